The molecule has 3 heteroatoms. The molecule has 0 amide bonds. The Hall–Kier alpha value is -1.09. The lowest BCUT2D eigenvalue weighted by atomic mass is 10.1. The van der Waals surface area contributed by atoms with Gasteiger partial charge < -0.3 is 10.1 Å². The number of hydrogen-bond donors (Lipinski definition) is 1. The molecule has 0 bridgehead atoms. The Morgan fingerprint density at radius 2 is 2.06 bits per heavy atom. The van der Waals surface area contributed by atoms with Crippen LogP contribution in [0.1, 0.15) is 32.8 Å². The maximum Gasteiger partial charge on any atom is 0.213 e. The highest BCUT2D eigenvalue weighted by Gasteiger charge is 2.07. The topological polar surface area (TPSA) is 34.1 Å². The Balaban J connectivity index is 2.48. The number of rotatable bonds is 6. The lowest BCUT2D eigenvalue weighted by Crippen LogP contribution is -2.15. The lowest BCUT2D eigenvalue weighted by molar-refractivity contribution is 0.185. The summed E-state index contributed by atoms with van der Waals surface area (Å²) in [5.41, 5.74) is 1.17. The number of nitrogens with one attached hydrogen (secondary N) is 1. The van der Waals surface area contributed by atoms with Gasteiger partial charge in [-0.1, -0.05) is 19.9 Å². The Kier molecular flexibility index (Phi) is 5.26. The lowest BCUT2D eigenvalue weighted by Gasteiger charge is -2.15. The van der Waals surface area contributed by atoms with Crippen LogP contribution in [0.25, 0.3) is 0 Å². The fraction of sp³-hybridized carbons (Fsp3) is 0.615. The summed E-state index contributed by atoms with van der Waals surface area (Å²) in [5, 5.41) is 3.09. The third kappa shape index (κ3) is 4.62. The summed E-state index contributed by atoms with van der Waals surface area (Å²) < 4.78 is 5.73. The number of nitrogens with zero attached hydrogens (tertiary/aromatic N) is 1. The molecule has 0 aliphatic rings. The predicted octanol–water partition coefficient (Wildman–Crippen LogP) is 2.61. The van der Waals surface area contributed by atoms with Gasteiger partial charge in [0.2, 0.25) is 5.88 Å². The van der Waals surface area contributed by atoms with E-state index in [1.54, 1.807) is 0 Å². The largest absolute Gasteiger partial charge is 0.475 e. The Labute approximate surface area is 98.2 Å². The van der Waals surface area contributed by atoms with Crippen molar-refractivity contribution in [1.29, 1.82) is 0 Å². The van der Waals surface area contributed by atoms with Gasteiger partial charge in [0.05, 0.1) is 6.10 Å². The SMILES string of the molecule is CNCc1ccc(OC(C)CC(C)C)nc1. The molecule has 1 aromatic rings. The predicted molar refractivity (Wildman–Crippen MR) is 66.5 cm³/mol. The van der Waals surface area contributed by atoms with Crippen molar-refractivity contribution in [2.45, 2.75) is 39.8 Å². The van der Waals surface area contributed by atoms with Crippen LogP contribution in [-0.4, -0.2) is 18.1 Å². The summed E-state index contributed by atoms with van der Waals surface area (Å²) in [6.45, 7) is 7.32. The molecule has 0 saturated heterocycles. The molecule has 3 nitrogen and oxygen atoms in total. The Morgan fingerprint density at radius 1 is 1.31 bits per heavy atom. The highest BCUT2D eigenvalue weighted by atomic mass is 16.5. The molecule has 1 rings (SSSR count). The molecular weight excluding hydrogens is 200 g/mol. The van der Waals surface area contributed by atoms with Crippen LogP contribution >= 0.6 is 0 Å². The van der Waals surface area contributed by atoms with Crippen molar-refractivity contribution < 1.29 is 4.74 Å². The zero-order valence-corrected chi connectivity index (χ0v) is 10.7. The molecule has 16 heavy (non-hydrogen) atoms. The van der Waals surface area contributed by atoms with E-state index >= 15 is 0 Å². The third-order valence-corrected chi connectivity index (χ3v) is 2.30. The second kappa shape index (κ2) is 6.48. The molecule has 0 radical (unpaired) electrons. The number of aromatic nitrogens is 1. The van der Waals surface area contributed by atoms with Crippen LogP contribution in [0.3, 0.4) is 0 Å². The van der Waals surface area contributed by atoms with E-state index in [-0.39, 0.29) is 6.10 Å². The fourth-order valence-corrected chi connectivity index (χ4v) is 1.71. The van der Waals surface area contributed by atoms with Crippen LogP contribution in [0.5, 0.6) is 5.88 Å². The van der Waals surface area contributed by atoms with Gasteiger partial charge in [0.15, 0.2) is 0 Å². The molecule has 1 aromatic heterocycles. The summed E-state index contributed by atoms with van der Waals surface area (Å²) >= 11 is 0. The molecule has 0 fully saturated rings. The van der Waals surface area contributed by atoms with Crippen LogP contribution < -0.4 is 10.1 Å². The first-order valence-electron chi connectivity index (χ1n) is 5.88. The van der Waals surface area contributed by atoms with Gasteiger partial charge in [-0.15, -0.1) is 0 Å². The van der Waals surface area contributed by atoms with Crippen molar-refractivity contribution in [2.24, 2.45) is 5.92 Å². The van der Waals surface area contributed by atoms with E-state index in [1.807, 2.05) is 25.4 Å². The second-order valence-electron chi connectivity index (χ2n) is 4.59. The first-order valence-corrected chi connectivity index (χ1v) is 5.88. The van der Waals surface area contributed by atoms with Gasteiger partial charge in [0, 0.05) is 18.8 Å². The second-order valence-corrected chi connectivity index (χ2v) is 4.59. The summed E-state index contributed by atoms with van der Waals surface area (Å²) in [6, 6.07) is 3.98. The summed E-state index contributed by atoms with van der Waals surface area (Å²) in [7, 11) is 1.93. The molecule has 1 N–H and O–H groups in total. The highest BCUT2D eigenvalue weighted by Crippen LogP contribution is 2.13. The van der Waals surface area contributed by atoms with Gasteiger partial charge in [-0.05, 0) is 31.9 Å². The quantitative estimate of drug-likeness (QED) is 0.803. The first kappa shape index (κ1) is 13.0. The van der Waals surface area contributed by atoms with E-state index in [1.165, 1.54) is 5.56 Å². The van der Waals surface area contributed by atoms with Crippen molar-refractivity contribution in [2.75, 3.05) is 7.05 Å². The molecule has 1 heterocycles. The minimum absolute atomic E-state index is 0.225. The van der Waals surface area contributed by atoms with Gasteiger partial charge in [0.25, 0.3) is 0 Å². The summed E-state index contributed by atoms with van der Waals surface area (Å²) in [6.07, 6.45) is 3.14. The fourth-order valence-electron chi connectivity index (χ4n) is 1.71. The number of pyridine rings is 1. The van der Waals surface area contributed by atoms with Crippen LogP contribution in [0, 0.1) is 5.92 Å². The zero-order valence-electron chi connectivity index (χ0n) is 10.7. The van der Waals surface area contributed by atoms with Gasteiger partial charge in [-0.3, -0.25) is 0 Å². The summed E-state index contributed by atoms with van der Waals surface area (Å²) in [5.74, 6) is 1.37. The van der Waals surface area contributed by atoms with Gasteiger partial charge in [-0.2, -0.15) is 0 Å². The average molecular weight is 222 g/mol. The number of ether oxygens (including phenoxy) is 1. The van der Waals surface area contributed by atoms with E-state index in [9.17, 15) is 0 Å². The molecular formula is C13H22N2O. The smallest absolute Gasteiger partial charge is 0.213 e. The molecule has 0 aromatic carbocycles. The van der Waals surface area contributed by atoms with Crippen molar-refractivity contribution >= 4 is 0 Å². The van der Waals surface area contributed by atoms with Crippen LogP contribution in [-0.2, 0) is 6.54 Å². The Morgan fingerprint density at radius 3 is 2.56 bits per heavy atom. The van der Waals surface area contributed by atoms with Crippen LogP contribution in [0.4, 0.5) is 0 Å². The van der Waals surface area contributed by atoms with Crippen molar-refractivity contribution in [3.05, 3.63) is 23.9 Å². The molecule has 0 aliphatic carbocycles. The van der Waals surface area contributed by atoms with Crippen molar-refractivity contribution in [1.82, 2.24) is 10.3 Å². The maximum absolute atomic E-state index is 5.73. The first-order chi connectivity index (χ1) is 7.61. The highest BCUT2D eigenvalue weighted by molar-refractivity contribution is 5.17. The summed E-state index contributed by atoms with van der Waals surface area (Å²) in [4.78, 5) is 4.28. The molecule has 0 spiro atoms. The molecule has 1 atom stereocenters. The third-order valence-electron chi connectivity index (χ3n) is 2.30. The van der Waals surface area contributed by atoms with E-state index < -0.39 is 0 Å². The molecule has 1 unspecified atom stereocenters. The van der Waals surface area contributed by atoms with Crippen LogP contribution in [0.15, 0.2) is 18.3 Å². The van der Waals surface area contributed by atoms with E-state index in [4.69, 9.17) is 4.74 Å². The molecule has 90 valence electrons. The number of hydrogen-bond acceptors (Lipinski definition) is 3. The minimum atomic E-state index is 0.225. The standard InChI is InChI=1S/C13H22N2O/c1-10(2)7-11(3)16-13-6-5-12(8-14-4)9-15-13/h5-6,9-11,14H,7-8H2,1-4H3. The van der Waals surface area contributed by atoms with Gasteiger partial charge >= 0.3 is 0 Å². The zero-order chi connectivity index (χ0) is 12.0. The van der Waals surface area contributed by atoms with Crippen molar-refractivity contribution in [3.63, 3.8) is 0 Å². The normalized spacial score (nSPS) is 12.8. The van der Waals surface area contributed by atoms with Crippen molar-refractivity contribution in [3.8, 4) is 5.88 Å². The van der Waals surface area contributed by atoms with E-state index in [0.29, 0.717) is 11.8 Å². The average Bonchev–Trinajstić information content (AvgIpc) is 2.20. The Bertz CT molecular complexity index is 295. The van der Waals surface area contributed by atoms with E-state index in [2.05, 4.69) is 31.1 Å². The van der Waals surface area contributed by atoms with Gasteiger partial charge in [0.1, 0.15) is 0 Å². The van der Waals surface area contributed by atoms with Gasteiger partial charge in [-0.25, -0.2) is 4.98 Å². The minimum Gasteiger partial charge on any atom is -0.475 e. The van der Waals surface area contributed by atoms with E-state index in [0.717, 1.165) is 13.0 Å². The molecule has 0 aliphatic heterocycles. The monoisotopic (exact) mass is 222 g/mol. The molecule has 0 saturated carbocycles. The maximum atomic E-state index is 5.73. The van der Waals surface area contributed by atoms with Crippen LogP contribution in [0.2, 0.25) is 0 Å².